The lowest BCUT2D eigenvalue weighted by Crippen LogP contribution is -2.52. The molecule has 0 radical (unpaired) electrons. The lowest BCUT2D eigenvalue weighted by atomic mass is 10.3. The lowest BCUT2D eigenvalue weighted by Gasteiger charge is -2.41. The van der Waals surface area contributed by atoms with Crippen molar-refractivity contribution in [2.45, 2.75) is 47.0 Å². The van der Waals surface area contributed by atoms with Crippen LogP contribution in [0.4, 0.5) is 0 Å². The summed E-state index contributed by atoms with van der Waals surface area (Å²) in [5.74, 6) is -0.507. The zero-order chi connectivity index (χ0) is 11.0. The van der Waals surface area contributed by atoms with Gasteiger partial charge in [0.15, 0.2) is 0 Å². The summed E-state index contributed by atoms with van der Waals surface area (Å²) in [6, 6.07) is 0. The first kappa shape index (κ1) is 13.9. The van der Waals surface area contributed by atoms with E-state index in [0.29, 0.717) is 13.2 Å². The fourth-order valence-electron chi connectivity index (χ4n) is 1.81. The van der Waals surface area contributed by atoms with Crippen LogP contribution in [0.25, 0.3) is 0 Å². The molecule has 14 heavy (non-hydrogen) atoms. The van der Waals surface area contributed by atoms with Gasteiger partial charge in [-0.15, -0.1) is 0 Å². The van der Waals surface area contributed by atoms with E-state index in [1.54, 1.807) is 0 Å². The molecule has 3 nitrogen and oxygen atoms in total. The summed E-state index contributed by atoms with van der Waals surface area (Å²) in [6.07, 6.45) is 0.857. The first-order valence-corrected chi connectivity index (χ1v) is 5.73. The lowest BCUT2D eigenvalue weighted by molar-refractivity contribution is -0.315. The van der Waals surface area contributed by atoms with Crippen LogP contribution < -0.4 is 0 Å². The molecule has 0 aliphatic heterocycles. The Morgan fingerprint density at radius 2 is 1.29 bits per heavy atom. The molecule has 0 atom stereocenters. The van der Waals surface area contributed by atoms with Crippen LogP contribution in [0.3, 0.4) is 0 Å². The van der Waals surface area contributed by atoms with Crippen LogP contribution in [0.2, 0.25) is 0 Å². The average molecular weight is 203 g/mol. The van der Waals surface area contributed by atoms with Crippen LogP contribution >= 0.6 is 0 Å². The number of hydrogen-bond acceptors (Lipinski definition) is 3. The SMILES string of the molecule is CCOC(CC)(OCC)N(CC)CC. The van der Waals surface area contributed by atoms with Crippen LogP contribution in [0, 0.1) is 0 Å². The van der Waals surface area contributed by atoms with Gasteiger partial charge in [-0.2, -0.15) is 0 Å². The Bertz CT molecular complexity index is 129. The third-order valence-corrected chi connectivity index (χ3v) is 2.43. The zero-order valence-corrected chi connectivity index (χ0v) is 10.3. The van der Waals surface area contributed by atoms with E-state index in [-0.39, 0.29) is 0 Å². The van der Waals surface area contributed by atoms with E-state index in [1.807, 2.05) is 13.8 Å². The van der Waals surface area contributed by atoms with Crippen LogP contribution in [0.1, 0.15) is 41.0 Å². The molecule has 0 saturated carbocycles. The number of rotatable bonds is 8. The van der Waals surface area contributed by atoms with Crippen molar-refractivity contribution >= 4 is 0 Å². The summed E-state index contributed by atoms with van der Waals surface area (Å²) in [6.45, 7) is 13.6. The second-order valence-electron chi connectivity index (χ2n) is 3.10. The molecule has 0 saturated heterocycles. The summed E-state index contributed by atoms with van der Waals surface area (Å²) in [7, 11) is 0. The molecule has 0 aromatic carbocycles. The van der Waals surface area contributed by atoms with Gasteiger partial charge < -0.3 is 9.47 Å². The van der Waals surface area contributed by atoms with Crippen molar-refractivity contribution in [2.24, 2.45) is 0 Å². The first-order chi connectivity index (χ1) is 6.70. The van der Waals surface area contributed by atoms with Gasteiger partial charge in [0.1, 0.15) is 0 Å². The average Bonchev–Trinajstić information content (AvgIpc) is 2.20. The smallest absolute Gasteiger partial charge is 0.229 e. The molecule has 0 bridgehead atoms. The zero-order valence-electron chi connectivity index (χ0n) is 10.3. The molecule has 86 valence electrons. The van der Waals surface area contributed by atoms with Crippen molar-refractivity contribution in [3.05, 3.63) is 0 Å². The minimum Gasteiger partial charge on any atom is -0.338 e. The highest BCUT2D eigenvalue weighted by Crippen LogP contribution is 2.22. The summed E-state index contributed by atoms with van der Waals surface area (Å²) in [4.78, 5) is 2.22. The quantitative estimate of drug-likeness (QED) is 0.566. The van der Waals surface area contributed by atoms with E-state index in [4.69, 9.17) is 9.47 Å². The Morgan fingerprint density at radius 3 is 1.50 bits per heavy atom. The molecular weight excluding hydrogens is 178 g/mol. The molecule has 0 amide bonds. The molecule has 0 unspecified atom stereocenters. The summed E-state index contributed by atoms with van der Waals surface area (Å²) < 4.78 is 11.5. The van der Waals surface area contributed by atoms with Gasteiger partial charge >= 0.3 is 0 Å². The van der Waals surface area contributed by atoms with Crippen molar-refractivity contribution in [3.8, 4) is 0 Å². The molecule has 0 N–H and O–H groups in total. The highest BCUT2D eigenvalue weighted by Gasteiger charge is 2.34. The van der Waals surface area contributed by atoms with Gasteiger partial charge in [-0.1, -0.05) is 20.8 Å². The molecule has 3 heteroatoms. The summed E-state index contributed by atoms with van der Waals surface area (Å²) in [5, 5.41) is 0. The van der Waals surface area contributed by atoms with Crippen molar-refractivity contribution in [2.75, 3.05) is 26.3 Å². The van der Waals surface area contributed by atoms with Gasteiger partial charge in [-0.3, -0.25) is 4.90 Å². The second-order valence-corrected chi connectivity index (χ2v) is 3.10. The molecule has 0 aromatic rings. The van der Waals surface area contributed by atoms with Crippen LogP contribution in [-0.4, -0.2) is 37.1 Å². The largest absolute Gasteiger partial charge is 0.338 e. The van der Waals surface area contributed by atoms with Crippen molar-refractivity contribution in [1.82, 2.24) is 4.90 Å². The second kappa shape index (κ2) is 7.21. The highest BCUT2D eigenvalue weighted by molar-refractivity contribution is 4.69. The Hall–Kier alpha value is -0.120. The monoisotopic (exact) mass is 203 g/mol. The van der Waals surface area contributed by atoms with E-state index in [0.717, 1.165) is 19.5 Å². The minimum absolute atomic E-state index is 0.507. The van der Waals surface area contributed by atoms with E-state index >= 15 is 0 Å². The molecule has 0 spiro atoms. The van der Waals surface area contributed by atoms with E-state index in [9.17, 15) is 0 Å². The van der Waals surface area contributed by atoms with Gasteiger partial charge in [-0.05, 0) is 13.8 Å². The Morgan fingerprint density at radius 1 is 0.857 bits per heavy atom. The maximum Gasteiger partial charge on any atom is 0.229 e. The fraction of sp³-hybridized carbons (Fsp3) is 1.00. The van der Waals surface area contributed by atoms with E-state index < -0.39 is 5.91 Å². The predicted octanol–water partition coefficient (Wildman–Crippen LogP) is 2.47. The maximum absolute atomic E-state index is 5.77. The van der Waals surface area contributed by atoms with Crippen molar-refractivity contribution in [3.63, 3.8) is 0 Å². The Kier molecular flexibility index (Phi) is 7.15. The van der Waals surface area contributed by atoms with Crippen LogP contribution in [0.15, 0.2) is 0 Å². The van der Waals surface area contributed by atoms with E-state index in [1.165, 1.54) is 0 Å². The van der Waals surface area contributed by atoms with Crippen molar-refractivity contribution < 1.29 is 9.47 Å². The van der Waals surface area contributed by atoms with Crippen molar-refractivity contribution in [1.29, 1.82) is 0 Å². The molecular formula is C11H25NO2. The number of ether oxygens (including phenoxy) is 2. The number of nitrogens with zero attached hydrogens (tertiary/aromatic N) is 1. The normalized spacial score (nSPS) is 12.4. The minimum atomic E-state index is -0.507. The third kappa shape index (κ3) is 3.23. The van der Waals surface area contributed by atoms with Gasteiger partial charge in [0, 0.05) is 32.7 Å². The number of hydrogen-bond donors (Lipinski definition) is 0. The van der Waals surface area contributed by atoms with E-state index in [2.05, 4.69) is 25.7 Å². The molecule has 0 fully saturated rings. The van der Waals surface area contributed by atoms with Gasteiger partial charge in [0.2, 0.25) is 5.91 Å². The molecule has 0 aromatic heterocycles. The van der Waals surface area contributed by atoms with Crippen LogP contribution in [0.5, 0.6) is 0 Å². The van der Waals surface area contributed by atoms with Crippen LogP contribution in [-0.2, 0) is 9.47 Å². The Balaban J connectivity index is 4.59. The maximum atomic E-state index is 5.77. The van der Waals surface area contributed by atoms with Gasteiger partial charge in [0.25, 0.3) is 0 Å². The fourth-order valence-corrected chi connectivity index (χ4v) is 1.81. The topological polar surface area (TPSA) is 21.7 Å². The predicted molar refractivity (Wildman–Crippen MR) is 59.2 cm³/mol. The highest BCUT2D eigenvalue weighted by atomic mass is 16.7. The standard InChI is InChI=1S/C11H25NO2/c1-6-11(13-9-4,14-10-5)12(7-2)8-3/h6-10H2,1-5H3. The third-order valence-electron chi connectivity index (χ3n) is 2.43. The first-order valence-electron chi connectivity index (χ1n) is 5.73. The molecule has 0 aliphatic carbocycles. The van der Waals surface area contributed by atoms with Gasteiger partial charge in [0.05, 0.1) is 0 Å². The summed E-state index contributed by atoms with van der Waals surface area (Å²) in [5.41, 5.74) is 0. The molecule has 0 aliphatic rings. The molecule has 0 heterocycles. The molecule has 0 rings (SSSR count). The Labute approximate surface area is 88.4 Å². The summed E-state index contributed by atoms with van der Waals surface area (Å²) >= 11 is 0. The van der Waals surface area contributed by atoms with Gasteiger partial charge in [-0.25, -0.2) is 0 Å².